The molecule has 0 nitrogen and oxygen atoms in total. The van der Waals surface area contributed by atoms with Gasteiger partial charge in [-0.15, -0.1) is 0 Å². The van der Waals surface area contributed by atoms with Crippen molar-refractivity contribution in [2.24, 2.45) is 0 Å². The van der Waals surface area contributed by atoms with Gasteiger partial charge in [0.15, 0.2) is 0 Å². The fraction of sp³-hybridized carbons (Fsp3) is 0.188. The third-order valence-electron chi connectivity index (χ3n) is 7.41. The first-order chi connectivity index (χ1) is 16.7. The predicted octanol–water partition coefficient (Wildman–Crippen LogP) is 1.56. The van der Waals surface area contributed by atoms with E-state index in [9.17, 15) is 0 Å². The second kappa shape index (κ2) is 11.4. The van der Waals surface area contributed by atoms with Crippen LogP contribution in [0.1, 0.15) is 47.1 Å². The van der Waals surface area contributed by atoms with Crippen molar-refractivity contribution < 1.29 is 47.2 Å². The Hall–Kier alpha value is -1.70. The summed E-state index contributed by atoms with van der Waals surface area (Å²) in [7, 11) is 0. The maximum absolute atomic E-state index is 2.56. The van der Waals surface area contributed by atoms with Crippen LogP contribution in [0.5, 0.6) is 0 Å². The molecule has 0 aliphatic heterocycles. The van der Waals surface area contributed by atoms with E-state index in [-0.39, 0.29) is 24.8 Å². The van der Waals surface area contributed by atoms with Gasteiger partial charge in [-0.05, 0) is 0 Å². The Bertz CT molecular complexity index is 1430. The third kappa shape index (κ3) is 4.67. The molecule has 0 radical (unpaired) electrons. The molecule has 0 aromatic heterocycles. The van der Waals surface area contributed by atoms with E-state index in [1.165, 1.54) is 38.9 Å². The van der Waals surface area contributed by atoms with E-state index >= 15 is 0 Å². The van der Waals surface area contributed by atoms with Gasteiger partial charge in [-0.1, -0.05) is 0 Å². The number of halogens is 2. The summed E-state index contributed by atoms with van der Waals surface area (Å²) >= 11 is -0.556. The summed E-state index contributed by atoms with van der Waals surface area (Å²) < 4.78 is 1.76. The standard InChI is InChI=1S/C30H23.C2H7Si.2ClH.Zr/c1-2-20-18-28-23(21-10-4-3-5-11-21)14-8-16-26(28)30(20)27-17-9-15-25-24-13-7-6-12-22(24)19-29(25)27;1-3-2;;;/h3-16,18,30H,2,19H2,1H3;3H,1-2H3;2*1H;/q;;;;+2/p-2. The van der Waals surface area contributed by atoms with Gasteiger partial charge in [0, 0.05) is 0 Å². The van der Waals surface area contributed by atoms with Gasteiger partial charge in [0.2, 0.25) is 0 Å². The maximum atomic E-state index is 2.56. The molecule has 0 spiro atoms. The minimum absolute atomic E-state index is 0. The summed E-state index contributed by atoms with van der Waals surface area (Å²) in [6.07, 6.45) is 4.73. The van der Waals surface area contributed by atoms with Crippen LogP contribution in [0, 0.1) is 0 Å². The zero-order valence-electron chi connectivity index (χ0n) is 21.0. The van der Waals surface area contributed by atoms with Gasteiger partial charge >= 0.3 is 217 Å². The van der Waals surface area contributed by atoms with E-state index in [1.54, 1.807) is 20.0 Å². The minimum atomic E-state index is -0.594. The molecule has 4 aromatic carbocycles. The van der Waals surface area contributed by atoms with E-state index < -0.39 is 28.3 Å². The molecule has 4 heteroatoms. The molecule has 4 aromatic rings. The number of benzene rings is 4. The zero-order chi connectivity index (χ0) is 23.2. The first-order valence-corrected chi connectivity index (χ1v) is 20.9. The quantitative estimate of drug-likeness (QED) is 0.268. The molecule has 180 valence electrons. The van der Waals surface area contributed by atoms with Crippen molar-refractivity contribution in [3.63, 3.8) is 0 Å². The van der Waals surface area contributed by atoms with Crippen LogP contribution in [-0.4, -0.2) is 5.92 Å². The first-order valence-electron chi connectivity index (χ1n) is 12.5. The zero-order valence-corrected chi connectivity index (χ0v) is 26.1. The van der Waals surface area contributed by atoms with Crippen molar-refractivity contribution in [3.8, 4) is 22.3 Å². The second-order valence-electron chi connectivity index (χ2n) is 9.87. The first kappa shape index (κ1) is 27.3. The fourth-order valence-corrected chi connectivity index (χ4v) is 14.2. The van der Waals surface area contributed by atoms with Crippen LogP contribution < -0.4 is 28.1 Å². The van der Waals surface area contributed by atoms with Crippen molar-refractivity contribution in [2.75, 3.05) is 0 Å². The Balaban J connectivity index is 0.00000152. The summed E-state index contributed by atoms with van der Waals surface area (Å²) in [6, 6.07) is 32.0. The third-order valence-corrected chi connectivity index (χ3v) is 15.9. The summed E-state index contributed by atoms with van der Waals surface area (Å²) in [5.74, 6) is -0.181. The van der Waals surface area contributed by atoms with Crippen LogP contribution in [0.25, 0.3) is 28.3 Å². The fourth-order valence-electron chi connectivity index (χ4n) is 5.98. The smallest absolute Gasteiger partial charge is 1.00 e. The molecule has 6 rings (SSSR count). The molecule has 0 amide bonds. The Morgan fingerprint density at radius 3 is 2.25 bits per heavy atom. The van der Waals surface area contributed by atoms with Crippen molar-refractivity contribution in [3.05, 3.63) is 118 Å². The van der Waals surface area contributed by atoms with Crippen molar-refractivity contribution in [1.82, 2.24) is 0 Å². The molecular weight excluding hydrogens is 575 g/mol. The van der Waals surface area contributed by atoms with Crippen molar-refractivity contribution >= 4 is 15.3 Å². The number of allylic oxidation sites excluding steroid dienone is 1. The number of hydrogen-bond acceptors (Lipinski definition) is 0. The number of rotatable bonds is 5. The Morgan fingerprint density at radius 2 is 1.50 bits per heavy atom. The van der Waals surface area contributed by atoms with E-state index in [4.69, 9.17) is 0 Å². The van der Waals surface area contributed by atoms with Gasteiger partial charge in [0.05, 0.1) is 0 Å². The molecule has 0 saturated carbocycles. The van der Waals surface area contributed by atoms with Gasteiger partial charge < -0.3 is 24.8 Å². The Morgan fingerprint density at radius 1 is 0.778 bits per heavy atom. The molecular formula is C32H30Cl2SiZr. The van der Waals surface area contributed by atoms with Crippen molar-refractivity contribution in [1.29, 1.82) is 0 Å². The largest absolute Gasteiger partial charge is 1.00 e. The van der Waals surface area contributed by atoms with Crippen LogP contribution in [0.4, 0.5) is 0 Å². The van der Waals surface area contributed by atoms with Gasteiger partial charge in [-0.3, -0.25) is 0 Å². The van der Waals surface area contributed by atoms with Gasteiger partial charge in [0.1, 0.15) is 0 Å². The predicted molar refractivity (Wildman–Crippen MR) is 145 cm³/mol. The summed E-state index contributed by atoms with van der Waals surface area (Å²) in [5, 5.41) is 0. The molecule has 0 saturated heterocycles. The van der Waals surface area contributed by atoms with Crippen LogP contribution in [0.2, 0.25) is 13.1 Å². The maximum Gasteiger partial charge on any atom is -1.00 e. The van der Waals surface area contributed by atoms with E-state index in [2.05, 4.69) is 111 Å². The normalized spacial score (nSPS) is 14.7. The summed E-state index contributed by atoms with van der Waals surface area (Å²) in [4.78, 5) is 0. The molecule has 0 bridgehead atoms. The minimum Gasteiger partial charge on any atom is -1.00 e. The van der Waals surface area contributed by atoms with Crippen LogP contribution in [0.15, 0.2) is 90.5 Å². The van der Waals surface area contributed by atoms with Crippen LogP contribution >= 0.6 is 0 Å². The number of fused-ring (bicyclic) bond motifs is 4. The van der Waals surface area contributed by atoms with Crippen molar-refractivity contribution in [2.45, 2.75) is 38.8 Å². The molecule has 2 aliphatic rings. The molecule has 1 atom stereocenters. The summed E-state index contributed by atoms with van der Waals surface area (Å²) in [6.45, 7) is 7.47. The topological polar surface area (TPSA) is 0 Å². The molecule has 0 fully saturated rings. The van der Waals surface area contributed by atoms with E-state index in [1.807, 2.05) is 0 Å². The van der Waals surface area contributed by atoms with E-state index in [0.29, 0.717) is 5.92 Å². The SMILES string of the molecule is CCC1=Cc2c(-c3ccccc3)cccc2C1c1[c]([Zr+2][SiH](C)C)ccc2c1Cc1ccccc1-2.[Cl-].[Cl-]. The van der Waals surface area contributed by atoms with Gasteiger partial charge in [-0.2, -0.15) is 0 Å². The Labute approximate surface area is 240 Å². The molecule has 36 heavy (non-hydrogen) atoms. The van der Waals surface area contributed by atoms with Gasteiger partial charge in [0.25, 0.3) is 0 Å². The molecule has 2 aliphatic carbocycles. The van der Waals surface area contributed by atoms with Gasteiger partial charge in [-0.25, -0.2) is 0 Å². The second-order valence-corrected chi connectivity index (χ2v) is 24.4. The van der Waals surface area contributed by atoms with Crippen LogP contribution in [-0.2, 0) is 28.8 Å². The van der Waals surface area contributed by atoms with E-state index in [0.717, 1.165) is 12.8 Å². The monoisotopic (exact) mass is 602 g/mol. The molecule has 0 heterocycles. The number of hydrogen-bond donors (Lipinski definition) is 0. The Kier molecular flexibility index (Phi) is 8.63. The summed E-state index contributed by atoms with van der Waals surface area (Å²) in [5.41, 5.74) is 15.0. The van der Waals surface area contributed by atoms with Crippen LogP contribution in [0.3, 0.4) is 0 Å². The molecule has 1 unspecified atom stereocenters. The molecule has 0 N–H and O–H groups in total. The average Bonchev–Trinajstić information content (AvgIpc) is 3.42. The average molecular weight is 605 g/mol.